The number of carbonyl (C=O) groups excluding carboxylic acids is 2. The van der Waals surface area contributed by atoms with Crippen LogP contribution in [0.1, 0.15) is 34.3 Å². The number of carbonyl (C=O) groups is 2. The quantitative estimate of drug-likeness (QED) is 0.638. The van der Waals surface area contributed by atoms with Gasteiger partial charge in [0, 0.05) is 12.1 Å². The minimum atomic E-state index is -0.694. The van der Waals surface area contributed by atoms with Crippen LogP contribution in [0.25, 0.3) is 10.8 Å². The molecule has 1 fully saturated rings. The molecule has 0 bridgehead atoms. The fraction of sp³-hybridized carbons (Fsp3) is 0.250. The largest absolute Gasteiger partial charge is 0.449 e. The fourth-order valence-electron chi connectivity index (χ4n) is 4.61. The number of nitrogens with zero attached hydrogens (tertiary/aromatic N) is 1. The SMILES string of the molecule is O=C1O[C@]2(CCCN(C(=O)Cc3cccc4ccccc34)C2)c2ccccc21. The van der Waals surface area contributed by atoms with Crippen molar-refractivity contribution < 1.29 is 14.3 Å². The highest BCUT2D eigenvalue weighted by Crippen LogP contribution is 2.42. The van der Waals surface area contributed by atoms with Gasteiger partial charge in [0.2, 0.25) is 5.91 Å². The van der Waals surface area contributed by atoms with Crippen molar-refractivity contribution in [3.8, 4) is 0 Å². The Bertz CT molecular complexity index is 1080. The van der Waals surface area contributed by atoms with Gasteiger partial charge in [-0.05, 0) is 35.2 Å². The predicted octanol–water partition coefficient (Wildman–Crippen LogP) is 4.07. The summed E-state index contributed by atoms with van der Waals surface area (Å²) in [7, 11) is 0. The Hall–Kier alpha value is -3.14. The van der Waals surface area contributed by atoms with E-state index in [2.05, 4.69) is 18.2 Å². The van der Waals surface area contributed by atoms with Gasteiger partial charge in [-0.1, -0.05) is 60.7 Å². The number of likely N-dealkylation sites (tertiary alicyclic amines) is 1. The molecule has 0 saturated carbocycles. The summed E-state index contributed by atoms with van der Waals surface area (Å²) in [4.78, 5) is 27.3. The zero-order valence-electron chi connectivity index (χ0n) is 15.6. The average Bonchev–Trinajstić information content (AvgIpc) is 3.00. The lowest BCUT2D eigenvalue weighted by molar-refractivity contribution is -0.138. The third kappa shape index (κ3) is 2.68. The number of benzene rings is 3. The minimum absolute atomic E-state index is 0.0795. The van der Waals surface area contributed by atoms with Crippen molar-refractivity contribution in [3.63, 3.8) is 0 Å². The first-order valence-electron chi connectivity index (χ1n) is 9.74. The van der Waals surface area contributed by atoms with Crippen LogP contribution in [0, 0.1) is 0 Å². The first kappa shape index (κ1) is 17.0. The molecule has 1 atom stereocenters. The third-order valence-corrected chi connectivity index (χ3v) is 5.96. The van der Waals surface area contributed by atoms with Crippen molar-refractivity contribution in [2.75, 3.05) is 13.1 Å². The number of rotatable bonds is 2. The number of hydrogen-bond donors (Lipinski definition) is 0. The van der Waals surface area contributed by atoms with Gasteiger partial charge in [-0.2, -0.15) is 0 Å². The van der Waals surface area contributed by atoms with Crippen LogP contribution in [-0.4, -0.2) is 29.9 Å². The molecular weight excluding hydrogens is 350 g/mol. The summed E-state index contributed by atoms with van der Waals surface area (Å²) in [6, 6.07) is 21.8. The number of hydrogen-bond acceptors (Lipinski definition) is 3. The Labute approximate surface area is 163 Å². The summed E-state index contributed by atoms with van der Waals surface area (Å²) in [6.07, 6.45) is 1.93. The Morgan fingerprint density at radius 1 is 1.00 bits per heavy atom. The molecule has 2 aliphatic rings. The highest BCUT2D eigenvalue weighted by molar-refractivity contribution is 5.95. The average molecular weight is 371 g/mol. The van der Waals surface area contributed by atoms with Gasteiger partial charge < -0.3 is 9.64 Å². The topological polar surface area (TPSA) is 46.6 Å². The number of piperidine rings is 1. The molecule has 2 heterocycles. The van der Waals surface area contributed by atoms with Crippen molar-refractivity contribution in [2.24, 2.45) is 0 Å². The second-order valence-corrected chi connectivity index (χ2v) is 7.66. The lowest BCUT2D eigenvalue weighted by Gasteiger charge is -2.39. The van der Waals surface area contributed by atoms with E-state index in [-0.39, 0.29) is 11.9 Å². The second-order valence-electron chi connectivity index (χ2n) is 7.66. The van der Waals surface area contributed by atoms with E-state index in [9.17, 15) is 9.59 Å². The zero-order chi connectivity index (χ0) is 19.1. The van der Waals surface area contributed by atoms with E-state index < -0.39 is 5.60 Å². The van der Waals surface area contributed by atoms with Crippen LogP contribution in [0.3, 0.4) is 0 Å². The van der Waals surface area contributed by atoms with Gasteiger partial charge in [-0.3, -0.25) is 4.79 Å². The summed E-state index contributed by atoms with van der Waals surface area (Å²) >= 11 is 0. The van der Waals surface area contributed by atoms with E-state index in [1.807, 2.05) is 53.4 Å². The van der Waals surface area contributed by atoms with E-state index in [1.165, 1.54) is 0 Å². The summed E-state index contributed by atoms with van der Waals surface area (Å²) in [5, 5.41) is 2.25. The molecule has 1 amide bonds. The van der Waals surface area contributed by atoms with E-state index in [1.54, 1.807) is 0 Å². The van der Waals surface area contributed by atoms with Crippen molar-refractivity contribution >= 4 is 22.6 Å². The summed E-state index contributed by atoms with van der Waals surface area (Å²) < 4.78 is 5.83. The van der Waals surface area contributed by atoms with Crippen LogP contribution in [-0.2, 0) is 21.6 Å². The van der Waals surface area contributed by atoms with Gasteiger partial charge in [0.05, 0.1) is 18.5 Å². The van der Waals surface area contributed by atoms with E-state index in [4.69, 9.17) is 4.74 Å². The molecule has 0 N–H and O–H groups in total. The first-order valence-corrected chi connectivity index (χ1v) is 9.74. The van der Waals surface area contributed by atoms with E-state index in [0.29, 0.717) is 25.1 Å². The number of ether oxygens (including phenoxy) is 1. The van der Waals surface area contributed by atoms with Crippen molar-refractivity contribution in [3.05, 3.63) is 83.4 Å². The summed E-state index contributed by atoms with van der Waals surface area (Å²) in [5.74, 6) is -0.199. The van der Waals surface area contributed by atoms with Crippen LogP contribution in [0.4, 0.5) is 0 Å². The van der Waals surface area contributed by atoms with Gasteiger partial charge >= 0.3 is 5.97 Å². The summed E-state index contributed by atoms with van der Waals surface area (Å²) in [6.45, 7) is 1.13. The van der Waals surface area contributed by atoms with Crippen LogP contribution < -0.4 is 0 Å². The monoisotopic (exact) mass is 371 g/mol. The lowest BCUT2D eigenvalue weighted by atomic mass is 9.85. The molecule has 1 spiro atoms. The molecule has 4 nitrogen and oxygen atoms in total. The Kier molecular flexibility index (Phi) is 3.93. The van der Waals surface area contributed by atoms with Crippen LogP contribution in [0.5, 0.6) is 0 Å². The molecule has 140 valence electrons. The number of esters is 1. The maximum Gasteiger partial charge on any atom is 0.339 e. The van der Waals surface area contributed by atoms with Gasteiger partial charge in [0.25, 0.3) is 0 Å². The number of fused-ring (bicyclic) bond motifs is 3. The standard InChI is InChI=1S/C24H21NO3/c26-22(15-18-9-5-8-17-7-1-2-10-19(17)18)25-14-6-13-24(16-25)21-12-4-3-11-20(21)23(27)28-24/h1-5,7-12H,6,13-16H2/t24-/m0/s1. The highest BCUT2D eigenvalue weighted by Gasteiger charge is 2.48. The molecule has 0 unspecified atom stereocenters. The molecule has 1 saturated heterocycles. The Morgan fingerprint density at radius 3 is 2.71 bits per heavy atom. The summed E-state index contributed by atoms with van der Waals surface area (Å²) in [5.41, 5.74) is 1.89. The van der Waals surface area contributed by atoms with E-state index >= 15 is 0 Å². The number of amides is 1. The lowest BCUT2D eigenvalue weighted by Crippen LogP contribution is -2.49. The molecule has 0 aromatic heterocycles. The smallest absolute Gasteiger partial charge is 0.339 e. The predicted molar refractivity (Wildman–Crippen MR) is 107 cm³/mol. The molecule has 2 aliphatic heterocycles. The van der Waals surface area contributed by atoms with Crippen molar-refractivity contribution in [2.45, 2.75) is 24.9 Å². The molecule has 4 heteroatoms. The molecule has 3 aromatic rings. The van der Waals surface area contributed by atoms with Gasteiger partial charge in [-0.15, -0.1) is 0 Å². The molecule has 28 heavy (non-hydrogen) atoms. The molecule has 0 radical (unpaired) electrons. The second kappa shape index (κ2) is 6.48. The van der Waals surface area contributed by atoms with Crippen molar-refractivity contribution in [1.82, 2.24) is 4.90 Å². The molecule has 5 rings (SSSR count). The third-order valence-electron chi connectivity index (χ3n) is 5.96. The minimum Gasteiger partial charge on any atom is -0.449 e. The Balaban J connectivity index is 1.41. The molecule has 3 aromatic carbocycles. The zero-order valence-corrected chi connectivity index (χ0v) is 15.6. The highest BCUT2D eigenvalue weighted by atomic mass is 16.6. The maximum absolute atomic E-state index is 13.1. The molecule has 0 aliphatic carbocycles. The normalized spacial score (nSPS) is 21.0. The van der Waals surface area contributed by atoms with Gasteiger partial charge in [-0.25, -0.2) is 4.79 Å². The Morgan fingerprint density at radius 2 is 1.79 bits per heavy atom. The van der Waals surface area contributed by atoms with Crippen LogP contribution >= 0.6 is 0 Å². The van der Waals surface area contributed by atoms with E-state index in [0.717, 1.165) is 34.7 Å². The van der Waals surface area contributed by atoms with Gasteiger partial charge in [0.1, 0.15) is 0 Å². The van der Waals surface area contributed by atoms with Crippen LogP contribution in [0.2, 0.25) is 0 Å². The van der Waals surface area contributed by atoms with Crippen LogP contribution in [0.15, 0.2) is 66.7 Å². The molecular formula is C24H21NO3. The van der Waals surface area contributed by atoms with Crippen molar-refractivity contribution in [1.29, 1.82) is 0 Å². The fourth-order valence-corrected chi connectivity index (χ4v) is 4.61. The maximum atomic E-state index is 13.1. The first-order chi connectivity index (χ1) is 13.7. The van der Waals surface area contributed by atoms with Gasteiger partial charge in [0.15, 0.2) is 5.60 Å².